The Labute approximate surface area is 140 Å². The smallest absolute Gasteiger partial charge is 0.259 e. The van der Waals surface area contributed by atoms with Crippen molar-refractivity contribution in [3.63, 3.8) is 0 Å². The van der Waals surface area contributed by atoms with Gasteiger partial charge in [0.15, 0.2) is 5.82 Å². The molecule has 1 aliphatic rings. The number of nitrogens with two attached hydrogens (primary N) is 1. The first kappa shape index (κ1) is 14.8. The minimum atomic E-state index is 0.239. The lowest BCUT2D eigenvalue weighted by atomic mass is 10.1. The van der Waals surface area contributed by atoms with Gasteiger partial charge in [0.1, 0.15) is 5.82 Å². The van der Waals surface area contributed by atoms with E-state index in [9.17, 15) is 0 Å². The van der Waals surface area contributed by atoms with E-state index in [0.29, 0.717) is 18.1 Å². The molecule has 1 saturated heterocycles. The van der Waals surface area contributed by atoms with Crippen LogP contribution in [-0.2, 0) is 6.42 Å². The van der Waals surface area contributed by atoms with E-state index in [2.05, 4.69) is 20.0 Å². The zero-order valence-electron chi connectivity index (χ0n) is 13.3. The summed E-state index contributed by atoms with van der Waals surface area (Å²) in [7, 11) is 0. The molecule has 1 atom stereocenters. The van der Waals surface area contributed by atoms with Gasteiger partial charge < -0.3 is 15.2 Å². The normalized spacial score (nSPS) is 17.4. The highest BCUT2D eigenvalue weighted by Crippen LogP contribution is 2.22. The maximum Gasteiger partial charge on any atom is 0.259 e. The topological polar surface area (TPSA) is 81.1 Å². The molecule has 0 spiro atoms. The largest absolute Gasteiger partial charge is 0.355 e. The van der Waals surface area contributed by atoms with Crippen LogP contribution in [0, 0.1) is 0 Å². The fourth-order valence-corrected chi connectivity index (χ4v) is 2.92. The lowest BCUT2D eigenvalue weighted by Crippen LogP contribution is -2.26. The molecule has 3 heterocycles. The standard InChI is InChI=1S/C18H19N5O/c19-15-8-9-23(12-15)17-7-6-14(11-20-17)18-21-16(22-24-18)10-13-4-2-1-3-5-13/h1-7,11,15H,8-10,12,19H2. The van der Waals surface area contributed by atoms with Crippen molar-refractivity contribution in [2.45, 2.75) is 18.9 Å². The van der Waals surface area contributed by atoms with E-state index in [4.69, 9.17) is 10.3 Å². The summed E-state index contributed by atoms with van der Waals surface area (Å²) in [6.07, 6.45) is 3.44. The van der Waals surface area contributed by atoms with E-state index >= 15 is 0 Å². The second-order valence-electron chi connectivity index (χ2n) is 6.08. The third kappa shape index (κ3) is 3.14. The van der Waals surface area contributed by atoms with E-state index in [1.807, 2.05) is 42.5 Å². The Kier molecular flexibility index (Phi) is 3.96. The maximum absolute atomic E-state index is 5.95. The molecule has 24 heavy (non-hydrogen) atoms. The number of anilines is 1. The molecule has 6 nitrogen and oxygen atoms in total. The van der Waals surface area contributed by atoms with Gasteiger partial charge in [-0.05, 0) is 24.1 Å². The quantitative estimate of drug-likeness (QED) is 0.794. The number of benzene rings is 1. The van der Waals surface area contributed by atoms with Crippen molar-refractivity contribution in [2.24, 2.45) is 5.73 Å². The van der Waals surface area contributed by atoms with Gasteiger partial charge in [-0.2, -0.15) is 4.98 Å². The zero-order chi connectivity index (χ0) is 16.4. The van der Waals surface area contributed by atoms with Gasteiger partial charge in [0, 0.05) is 31.7 Å². The monoisotopic (exact) mass is 321 g/mol. The number of rotatable bonds is 4. The Morgan fingerprint density at radius 3 is 2.75 bits per heavy atom. The highest BCUT2D eigenvalue weighted by atomic mass is 16.5. The van der Waals surface area contributed by atoms with E-state index < -0.39 is 0 Å². The van der Waals surface area contributed by atoms with Crippen molar-refractivity contribution in [1.82, 2.24) is 15.1 Å². The van der Waals surface area contributed by atoms with Crippen LogP contribution in [0.1, 0.15) is 17.8 Å². The Bertz CT molecular complexity index is 800. The first-order valence-electron chi connectivity index (χ1n) is 8.11. The van der Waals surface area contributed by atoms with Gasteiger partial charge in [0.2, 0.25) is 0 Å². The number of nitrogens with zero attached hydrogens (tertiary/aromatic N) is 4. The lowest BCUT2D eigenvalue weighted by Gasteiger charge is -2.16. The van der Waals surface area contributed by atoms with E-state index in [-0.39, 0.29) is 6.04 Å². The summed E-state index contributed by atoms with van der Waals surface area (Å²) >= 11 is 0. The van der Waals surface area contributed by atoms with Crippen molar-refractivity contribution in [3.8, 4) is 11.5 Å². The Balaban J connectivity index is 1.48. The van der Waals surface area contributed by atoms with Crippen molar-refractivity contribution in [2.75, 3.05) is 18.0 Å². The summed E-state index contributed by atoms with van der Waals surface area (Å²) in [5, 5.41) is 4.06. The van der Waals surface area contributed by atoms with Crippen LogP contribution in [0.25, 0.3) is 11.5 Å². The zero-order valence-corrected chi connectivity index (χ0v) is 13.3. The molecule has 1 fully saturated rings. The minimum absolute atomic E-state index is 0.239. The molecule has 4 rings (SSSR count). The molecule has 0 aliphatic carbocycles. The molecule has 1 unspecified atom stereocenters. The molecular weight excluding hydrogens is 302 g/mol. The fraction of sp³-hybridized carbons (Fsp3) is 0.278. The molecule has 3 aromatic rings. The van der Waals surface area contributed by atoms with E-state index in [1.54, 1.807) is 6.20 Å². The van der Waals surface area contributed by atoms with Crippen LogP contribution in [0.4, 0.5) is 5.82 Å². The third-order valence-electron chi connectivity index (χ3n) is 4.22. The summed E-state index contributed by atoms with van der Waals surface area (Å²) in [5.74, 6) is 2.11. The van der Waals surface area contributed by atoms with Crippen molar-refractivity contribution in [3.05, 3.63) is 60.0 Å². The van der Waals surface area contributed by atoms with Gasteiger partial charge in [0.25, 0.3) is 5.89 Å². The molecule has 0 bridgehead atoms. The van der Waals surface area contributed by atoms with E-state index in [0.717, 1.165) is 36.5 Å². The number of aromatic nitrogens is 3. The summed E-state index contributed by atoms with van der Waals surface area (Å²) in [5.41, 5.74) is 7.93. The van der Waals surface area contributed by atoms with Crippen LogP contribution >= 0.6 is 0 Å². The molecule has 0 saturated carbocycles. The van der Waals surface area contributed by atoms with Crippen LogP contribution in [-0.4, -0.2) is 34.3 Å². The molecule has 1 aromatic carbocycles. The number of pyridine rings is 1. The Hall–Kier alpha value is -2.73. The van der Waals surface area contributed by atoms with Crippen LogP contribution < -0.4 is 10.6 Å². The maximum atomic E-state index is 5.95. The average Bonchev–Trinajstić information content (AvgIpc) is 3.25. The van der Waals surface area contributed by atoms with Crippen LogP contribution in [0.15, 0.2) is 53.2 Å². The Morgan fingerprint density at radius 2 is 2.04 bits per heavy atom. The van der Waals surface area contributed by atoms with Gasteiger partial charge in [-0.1, -0.05) is 35.5 Å². The van der Waals surface area contributed by atoms with E-state index in [1.165, 1.54) is 0 Å². The van der Waals surface area contributed by atoms with Crippen LogP contribution in [0.3, 0.4) is 0 Å². The molecular formula is C18H19N5O. The van der Waals surface area contributed by atoms with Crippen LogP contribution in [0.5, 0.6) is 0 Å². The minimum Gasteiger partial charge on any atom is -0.355 e. The molecule has 2 aromatic heterocycles. The van der Waals surface area contributed by atoms with Gasteiger partial charge in [-0.15, -0.1) is 0 Å². The molecule has 6 heteroatoms. The number of hydrogen-bond donors (Lipinski definition) is 1. The molecule has 1 aliphatic heterocycles. The highest BCUT2D eigenvalue weighted by molar-refractivity contribution is 5.55. The SMILES string of the molecule is NC1CCN(c2ccc(-c3nc(Cc4ccccc4)no3)cn2)C1. The third-order valence-corrected chi connectivity index (χ3v) is 4.22. The lowest BCUT2D eigenvalue weighted by molar-refractivity contribution is 0.424. The number of hydrogen-bond acceptors (Lipinski definition) is 6. The average molecular weight is 321 g/mol. The van der Waals surface area contributed by atoms with Gasteiger partial charge in [-0.3, -0.25) is 0 Å². The van der Waals surface area contributed by atoms with Crippen molar-refractivity contribution < 1.29 is 4.52 Å². The van der Waals surface area contributed by atoms with Crippen molar-refractivity contribution >= 4 is 5.82 Å². The molecule has 2 N–H and O–H groups in total. The van der Waals surface area contributed by atoms with Gasteiger partial charge >= 0.3 is 0 Å². The highest BCUT2D eigenvalue weighted by Gasteiger charge is 2.20. The first-order valence-corrected chi connectivity index (χ1v) is 8.11. The Morgan fingerprint density at radius 1 is 1.17 bits per heavy atom. The molecule has 0 radical (unpaired) electrons. The summed E-state index contributed by atoms with van der Waals surface area (Å²) < 4.78 is 5.37. The molecule has 0 amide bonds. The van der Waals surface area contributed by atoms with Crippen molar-refractivity contribution in [1.29, 1.82) is 0 Å². The predicted octanol–water partition coefficient (Wildman–Crippen LogP) is 2.26. The predicted molar refractivity (Wildman–Crippen MR) is 91.6 cm³/mol. The fourth-order valence-electron chi connectivity index (χ4n) is 2.92. The molecule has 122 valence electrons. The first-order chi connectivity index (χ1) is 11.8. The van der Waals surface area contributed by atoms with Gasteiger partial charge in [-0.25, -0.2) is 4.98 Å². The summed E-state index contributed by atoms with van der Waals surface area (Å²) in [4.78, 5) is 11.2. The summed E-state index contributed by atoms with van der Waals surface area (Å²) in [6, 6.07) is 14.3. The second kappa shape index (κ2) is 6.41. The second-order valence-corrected chi connectivity index (χ2v) is 6.08. The van der Waals surface area contributed by atoms with Gasteiger partial charge in [0.05, 0.1) is 5.56 Å². The van der Waals surface area contributed by atoms with Crippen LogP contribution in [0.2, 0.25) is 0 Å². The summed E-state index contributed by atoms with van der Waals surface area (Å²) in [6.45, 7) is 1.81.